The summed E-state index contributed by atoms with van der Waals surface area (Å²) >= 11 is 1.80. The minimum Gasteiger partial charge on any atom is -0.302 e. The Morgan fingerprint density at radius 3 is 2.74 bits per heavy atom. The van der Waals surface area contributed by atoms with Gasteiger partial charge < -0.3 is 5.32 Å². The topological polar surface area (TPSA) is 12.0 Å². The highest BCUT2D eigenvalue weighted by Crippen LogP contribution is 2.43. The fraction of sp³-hybridized carbons (Fsp3) is 0.375. The van der Waals surface area contributed by atoms with Crippen molar-refractivity contribution in [2.45, 2.75) is 31.8 Å². The lowest BCUT2D eigenvalue weighted by molar-refractivity contribution is 0.432. The molecule has 3 rings (SSSR count). The second kappa shape index (κ2) is 5.43. The highest BCUT2D eigenvalue weighted by Gasteiger charge is 2.33. The van der Waals surface area contributed by atoms with Gasteiger partial charge in [0.25, 0.3) is 0 Å². The average molecular weight is 275 g/mol. The molecule has 3 heteroatoms. The first kappa shape index (κ1) is 12.8. The number of rotatable bonds is 5. The van der Waals surface area contributed by atoms with Crippen LogP contribution in [0.4, 0.5) is 4.39 Å². The van der Waals surface area contributed by atoms with Gasteiger partial charge in [0.05, 0.1) is 0 Å². The monoisotopic (exact) mass is 275 g/mol. The van der Waals surface area contributed by atoms with Crippen LogP contribution in [0.3, 0.4) is 0 Å². The van der Waals surface area contributed by atoms with Crippen molar-refractivity contribution >= 4 is 11.3 Å². The van der Waals surface area contributed by atoms with Crippen LogP contribution >= 0.6 is 11.3 Å². The molecule has 100 valence electrons. The summed E-state index contributed by atoms with van der Waals surface area (Å²) in [4.78, 5) is 1.39. The molecule has 1 aromatic heterocycles. The maximum atomic E-state index is 13.3. The van der Waals surface area contributed by atoms with Crippen molar-refractivity contribution in [3.63, 3.8) is 0 Å². The summed E-state index contributed by atoms with van der Waals surface area (Å²) in [6.07, 6.45) is 2.59. The highest BCUT2D eigenvalue weighted by atomic mass is 32.1. The van der Waals surface area contributed by atoms with Crippen LogP contribution in [0.2, 0.25) is 0 Å². The zero-order valence-electron chi connectivity index (χ0n) is 11.0. The lowest BCUT2D eigenvalue weighted by atomic mass is 10.0. The number of halogens is 1. The molecule has 1 aromatic carbocycles. The Hall–Kier alpha value is -1.19. The Morgan fingerprint density at radius 2 is 2.11 bits per heavy atom. The van der Waals surface area contributed by atoms with Crippen LogP contribution < -0.4 is 5.32 Å². The number of nitrogens with one attached hydrogen (secondary N) is 1. The summed E-state index contributed by atoms with van der Waals surface area (Å²) in [5.41, 5.74) is 1.02. The van der Waals surface area contributed by atoms with Gasteiger partial charge in [-0.15, -0.1) is 11.3 Å². The molecule has 19 heavy (non-hydrogen) atoms. The third-order valence-corrected chi connectivity index (χ3v) is 4.68. The molecule has 2 atom stereocenters. The molecule has 0 aliphatic heterocycles. The molecular weight excluding hydrogens is 257 g/mol. The molecule has 1 aliphatic rings. The van der Waals surface area contributed by atoms with Gasteiger partial charge in [0.15, 0.2) is 0 Å². The standard InChI is InChI=1S/C16H18FNS/c1-11(13-4-2-5-14(17)10-13)18-16(12-7-8-12)15-6-3-9-19-15/h2-6,9-12,16,18H,7-8H2,1H3/t11-,16?/m0/s1. The summed E-state index contributed by atoms with van der Waals surface area (Å²) in [5.74, 6) is 0.583. The zero-order valence-corrected chi connectivity index (χ0v) is 11.8. The molecule has 1 aliphatic carbocycles. The van der Waals surface area contributed by atoms with E-state index < -0.39 is 0 Å². The molecule has 1 N–H and O–H groups in total. The van der Waals surface area contributed by atoms with E-state index >= 15 is 0 Å². The first-order valence-electron chi connectivity index (χ1n) is 6.79. The third-order valence-electron chi connectivity index (χ3n) is 3.72. The summed E-state index contributed by atoms with van der Waals surface area (Å²) in [6.45, 7) is 2.11. The van der Waals surface area contributed by atoms with Crippen LogP contribution in [0.1, 0.15) is 42.3 Å². The van der Waals surface area contributed by atoms with Crippen LogP contribution in [0.25, 0.3) is 0 Å². The molecule has 0 saturated heterocycles. The van der Waals surface area contributed by atoms with Gasteiger partial charge in [-0.05, 0) is 54.8 Å². The van der Waals surface area contributed by atoms with E-state index in [1.54, 1.807) is 23.5 Å². The summed E-state index contributed by atoms with van der Waals surface area (Å²) in [6, 6.07) is 11.8. The van der Waals surface area contributed by atoms with E-state index in [-0.39, 0.29) is 11.9 Å². The number of benzene rings is 1. The zero-order chi connectivity index (χ0) is 13.2. The van der Waals surface area contributed by atoms with E-state index in [1.807, 2.05) is 6.07 Å². The summed E-state index contributed by atoms with van der Waals surface area (Å²) in [5, 5.41) is 5.79. The molecule has 0 radical (unpaired) electrons. The van der Waals surface area contributed by atoms with Gasteiger partial charge in [0.1, 0.15) is 5.82 Å². The quantitative estimate of drug-likeness (QED) is 0.834. The fourth-order valence-corrected chi connectivity index (χ4v) is 3.37. The van der Waals surface area contributed by atoms with Gasteiger partial charge in [0, 0.05) is 17.0 Å². The van der Waals surface area contributed by atoms with E-state index in [1.165, 1.54) is 23.8 Å². The molecule has 2 aromatic rings. The molecule has 1 heterocycles. The van der Waals surface area contributed by atoms with Crippen LogP contribution in [0.15, 0.2) is 41.8 Å². The van der Waals surface area contributed by atoms with Crippen LogP contribution in [0, 0.1) is 11.7 Å². The smallest absolute Gasteiger partial charge is 0.123 e. The van der Waals surface area contributed by atoms with Crippen molar-refractivity contribution in [2.24, 2.45) is 5.92 Å². The molecule has 1 saturated carbocycles. The minimum absolute atomic E-state index is 0.162. The van der Waals surface area contributed by atoms with Gasteiger partial charge in [0.2, 0.25) is 0 Å². The largest absolute Gasteiger partial charge is 0.302 e. The first-order chi connectivity index (χ1) is 9.24. The van der Waals surface area contributed by atoms with E-state index in [2.05, 4.69) is 29.8 Å². The lowest BCUT2D eigenvalue weighted by Crippen LogP contribution is -2.25. The fourth-order valence-electron chi connectivity index (χ4n) is 2.49. The predicted octanol–water partition coefficient (Wildman–Crippen LogP) is 4.69. The maximum absolute atomic E-state index is 13.3. The van der Waals surface area contributed by atoms with Gasteiger partial charge >= 0.3 is 0 Å². The normalized spacial score (nSPS) is 18.2. The average Bonchev–Trinajstić information content (AvgIpc) is 3.10. The summed E-state index contributed by atoms with van der Waals surface area (Å²) in [7, 11) is 0. The van der Waals surface area contributed by atoms with Gasteiger partial charge in [-0.1, -0.05) is 18.2 Å². The predicted molar refractivity (Wildman–Crippen MR) is 77.7 cm³/mol. The van der Waals surface area contributed by atoms with Gasteiger partial charge in [-0.25, -0.2) is 4.39 Å². The van der Waals surface area contributed by atoms with Crippen molar-refractivity contribution in [2.75, 3.05) is 0 Å². The number of hydrogen-bond acceptors (Lipinski definition) is 2. The second-order valence-corrected chi connectivity index (χ2v) is 6.25. The van der Waals surface area contributed by atoms with E-state index in [4.69, 9.17) is 0 Å². The Bertz CT molecular complexity index is 533. The first-order valence-corrected chi connectivity index (χ1v) is 7.67. The van der Waals surface area contributed by atoms with Crippen molar-refractivity contribution in [1.82, 2.24) is 5.32 Å². The number of thiophene rings is 1. The van der Waals surface area contributed by atoms with E-state index in [9.17, 15) is 4.39 Å². The second-order valence-electron chi connectivity index (χ2n) is 5.27. The van der Waals surface area contributed by atoms with Crippen LogP contribution in [0.5, 0.6) is 0 Å². The van der Waals surface area contributed by atoms with Gasteiger partial charge in [-0.3, -0.25) is 0 Å². The SMILES string of the molecule is C[C@H](NC(c1cccs1)C1CC1)c1cccc(F)c1. The van der Waals surface area contributed by atoms with Crippen molar-refractivity contribution in [3.05, 3.63) is 58.0 Å². The Labute approximate surface area is 117 Å². The molecule has 0 amide bonds. The van der Waals surface area contributed by atoms with Crippen LogP contribution in [-0.2, 0) is 0 Å². The van der Waals surface area contributed by atoms with Crippen LogP contribution in [-0.4, -0.2) is 0 Å². The lowest BCUT2D eigenvalue weighted by Gasteiger charge is -2.23. The van der Waals surface area contributed by atoms with Crippen molar-refractivity contribution < 1.29 is 4.39 Å². The molecule has 1 unspecified atom stereocenters. The van der Waals surface area contributed by atoms with Crippen molar-refractivity contribution in [3.8, 4) is 0 Å². The summed E-state index contributed by atoms with van der Waals surface area (Å²) < 4.78 is 13.3. The Kier molecular flexibility index (Phi) is 3.67. The van der Waals surface area contributed by atoms with Gasteiger partial charge in [-0.2, -0.15) is 0 Å². The minimum atomic E-state index is -0.162. The molecule has 0 bridgehead atoms. The molecule has 1 nitrogen and oxygen atoms in total. The maximum Gasteiger partial charge on any atom is 0.123 e. The Morgan fingerprint density at radius 1 is 1.26 bits per heavy atom. The van der Waals surface area contributed by atoms with E-state index in [0.29, 0.717) is 6.04 Å². The van der Waals surface area contributed by atoms with E-state index in [0.717, 1.165) is 11.5 Å². The number of hydrogen-bond donors (Lipinski definition) is 1. The van der Waals surface area contributed by atoms with Crippen molar-refractivity contribution in [1.29, 1.82) is 0 Å². The third kappa shape index (κ3) is 3.04. The molecule has 0 spiro atoms. The molecular formula is C16H18FNS. The Balaban J connectivity index is 1.75. The highest BCUT2D eigenvalue weighted by molar-refractivity contribution is 7.10. The molecule has 1 fully saturated rings.